The molecule has 1 aliphatic rings. The molecule has 0 unspecified atom stereocenters. The molecular formula is C29H22N6O4S. The van der Waals surface area contributed by atoms with Gasteiger partial charge in [-0.1, -0.05) is 24.6 Å². The lowest BCUT2D eigenvalue weighted by Gasteiger charge is -2.07. The van der Waals surface area contributed by atoms with E-state index in [1.54, 1.807) is 30.3 Å². The first-order valence-corrected chi connectivity index (χ1v) is 13.6. The Morgan fingerprint density at radius 1 is 1.05 bits per heavy atom. The molecule has 0 atom stereocenters. The van der Waals surface area contributed by atoms with E-state index in [4.69, 9.17) is 4.42 Å². The van der Waals surface area contributed by atoms with Gasteiger partial charge in [0.2, 0.25) is 0 Å². The first kappa shape index (κ1) is 25.2. The molecule has 0 saturated carbocycles. The molecule has 0 amide bonds. The SMILES string of the molecule is N#C/C(c1nnc2n1CCCCC2)=c1\s/c(=C\c2ccc(-c3ccc([N+](=O)[O-])cc3)o2)c(=O)n1-c1ccccc1. The van der Waals surface area contributed by atoms with E-state index in [1.165, 1.54) is 28.0 Å². The molecular weight excluding hydrogens is 528 g/mol. The van der Waals surface area contributed by atoms with Gasteiger partial charge >= 0.3 is 0 Å². The van der Waals surface area contributed by atoms with Crippen LogP contribution in [0.4, 0.5) is 5.69 Å². The van der Waals surface area contributed by atoms with Gasteiger partial charge in [-0.25, -0.2) is 0 Å². The summed E-state index contributed by atoms with van der Waals surface area (Å²) in [6, 6.07) is 21.0. The van der Waals surface area contributed by atoms with E-state index in [0.29, 0.717) is 37.8 Å². The van der Waals surface area contributed by atoms with Crippen molar-refractivity contribution >= 4 is 28.7 Å². The van der Waals surface area contributed by atoms with E-state index in [9.17, 15) is 20.2 Å². The van der Waals surface area contributed by atoms with Gasteiger partial charge in [-0.15, -0.1) is 21.5 Å². The maximum Gasteiger partial charge on any atom is 0.273 e. The molecule has 0 spiro atoms. The number of para-hydroxylation sites is 1. The summed E-state index contributed by atoms with van der Waals surface area (Å²) < 4.78 is 10.3. The molecule has 0 bridgehead atoms. The molecule has 4 heterocycles. The quantitative estimate of drug-likeness (QED) is 0.239. The molecule has 0 aliphatic carbocycles. The van der Waals surface area contributed by atoms with Gasteiger partial charge in [0.15, 0.2) is 5.82 Å². The Kier molecular flexibility index (Phi) is 6.67. The Bertz CT molecular complexity index is 1940. The first-order chi connectivity index (χ1) is 19.5. The lowest BCUT2D eigenvalue weighted by atomic mass is 10.1. The summed E-state index contributed by atoms with van der Waals surface area (Å²) in [4.78, 5) is 24.3. The van der Waals surface area contributed by atoms with Crippen molar-refractivity contribution in [2.45, 2.75) is 32.2 Å². The molecule has 3 aromatic heterocycles. The maximum absolute atomic E-state index is 13.8. The predicted molar refractivity (Wildman–Crippen MR) is 149 cm³/mol. The smallest absolute Gasteiger partial charge is 0.273 e. The summed E-state index contributed by atoms with van der Waals surface area (Å²) in [5.74, 6) is 2.27. The number of nitrogens with zero attached hydrogens (tertiary/aromatic N) is 6. The third kappa shape index (κ3) is 4.65. The number of furan rings is 1. The third-order valence-corrected chi connectivity index (χ3v) is 7.85. The minimum atomic E-state index is -0.458. The monoisotopic (exact) mass is 550 g/mol. The fourth-order valence-electron chi connectivity index (χ4n) is 4.79. The Morgan fingerprint density at radius 3 is 2.60 bits per heavy atom. The highest BCUT2D eigenvalue weighted by molar-refractivity contribution is 7.07. The van der Waals surface area contributed by atoms with Gasteiger partial charge in [0.25, 0.3) is 11.2 Å². The number of thiazole rings is 1. The summed E-state index contributed by atoms with van der Waals surface area (Å²) in [5, 5.41) is 30.0. The molecule has 40 heavy (non-hydrogen) atoms. The molecule has 0 N–H and O–H groups in total. The number of nitriles is 1. The van der Waals surface area contributed by atoms with E-state index in [2.05, 4.69) is 16.3 Å². The second-order valence-corrected chi connectivity index (χ2v) is 10.3. The largest absolute Gasteiger partial charge is 0.457 e. The Hall–Kier alpha value is -5.08. The zero-order valence-electron chi connectivity index (χ0n) is 21.2. The zero-order chi connectivity index (χ0) is 27.6. The molecule has 11 heteroatoms. The van der Waals surface area contributed by atoms with E-state index in [1.807, 2.05) is 34.9 Å². The topological polar surface area (TPSA) is 133 Å². The van der Waals surface area contributed by atoms with Crippen molar-refractivity contribution < 1.29 is 9.34 Å². The lowest BCUT2D eigenvalue weighted by Crippen LogP contribution is -2.31. The molecule has 5 aromatic rings. The Morgan fingerprint density at radius 2 is 1.85 bits per heavy atom. The van der Waals surface area contributed by atoms with Crippen LogP contribution in [-0.4, -0.2) is 24.3 Å². The fourth-order valence-corrected chi connectivity index (χ4v) is 5.87. The highest BCUT2D eigenvalue weighted by Gasteiger charge is 2.21. The van der Waals surface area contributed by atoms with E-state index >= 15 is 0 Å². The van der Waals surface area contributed by atoms with Gasteiger partial charge in [0, 0.05) is 36.7 Å². The van der Waals surface area contributed by atoms with Crippen LogP contribution in [0.1, 0.15) is 36.7 Å². The van der Waals surface area contributed by atoms with Gasteiger partial charge in [0.1, 0.15) is 33.7 Å². The van der Waals surface area contributed by atoms with Gasteiger partial charge in [-0.2, -0.15) is 5.26 Å². The molecule has 198 valence electrons. The van der Waals surface area contributed by atoms with E-state index < -0.39 is 4.92 Å². The molecule has 1 aliphatic heterocycles. The van der Waals surface area contributed by atoms with Crippen LogP contribution in [0.25, 0.3) is 28.7 Å². The molecule has 0 fully saturated rings. The van der Waals surface area contributed by atoms with Crippen molar-refractivity contribution in [3.63, 3.8) is 0 Å². The number of rotatable bonds is 5. The summed E-state index contributed by atoms with van der Waals surface area (Å²) in [7, 11) is 0. The van der Waals surface area contributed by atoms with E-state index in [-0.39, 0.29) is 16.8 Å². The average molecular weight is 551 g/mol. The minimum absolute atomic E-state index is 0.0104. The summed E-state index contributed by atoms with van der Waals surface area (Å²) >= 11 is 1.19. The second-order valence-electron chi connectivity index (χ2n) is 9.29. The first-order valence-electron chi connectivity index (χ1n) is 12.7. The van der Waals surface area contributed by atoms with Crippen LogP contribution in [0.15, 0.2) is 75.9 Å². The number of fused-ring (bicyclic) bond motifs is 1. The number of nitro groups is 1. The van der Waals surface area contributed by atoms with Gasteiger partial charge in [-0.05, 0) is 49.2 Å². The van der Waals surface area contributed by atoms with Crippen LogP contribution >= 0.6 is 11.3 Å². The summed E-state index contributed by atoms with van der Waals surface area (Å²) in [6.45, 7) is 0.723. The minimum Gasteiger partial charge on any atom is -0.457 e. The predicted octanol–water partition coefficient (Wildman–Crippen LogP) is 3.94. The number of nitro benzene ring substituents is 1. The van der Waals surface area contributed by atoms with Crippen molar-refractivity contribution in [1.82, 2.24) is 19.3 Å². The normalized spacial score (nSPS) is 14.3. The highest BCUT2D eigenvalue weighted by atomic mass is 32.1. The molecule has 0 saturated heterocycles. The maximum atomic E-state index is 13.8. The second kappa shape index (κ2) is 10.6. The number of hydrogen-bond donors (Lipinski definition) is 0. The summed E-state index contributed by atoms with van der Waals surface area (Å²) in [5.41, 5.74) is 1.29. The van der Waals surface area contributed by atoms with Gasteiger partial charge < -0.3 is 8.98 Å². The van der Waals surface area contributed by atoms with Crippen LogP contribution < -0.4 is 14.8 Å². The number of non-ortho nitro benzene ring substituents is 1. The molecule has 2 aromatic carbocycles. The Labute approximate surface area is 231 Å². The number of hydrogen-bond acceptors (Lipinski definition) is 8. The fraction of sp³-hybridized carbons (Fsp3) is 0.172. The van der Waals surface area contributed by atoms with Crippen LogP contribution in [0.3, 0.4) is 0 Å². The average Bonchev–Trinajstić information content (AvgIpc) is 3.63. The van der Waals surface area contributed by atoms with Crippen molar-refractivity contribution in [2.75, 3.05) is 0 Å². The third-order valence-electron chi connectivity index (χ3n) is 6.76. The van der Waals surface area contributed by atoms with Crippen molar-refractivity contribution in [2.24, 2.45) is 0 Å². The van der Waals surface area contributed by atoms with Crippen LogP contribution in [0, 0.1) is 21.4 Å². The number of benzene rings is 2. The van der Waals surface area contributed by atoms with Gasteiger partial charge in [-0.3, -0.25) is 19.5 Å². The van der Waals surface area contributed by atoms with E-state index in [0.717, 1.165) is 38.1 Å². The lowest BCUT2D eigenvalue weighted by molar-refractivity contribution is -0.384. The zero-order valence-corrected chi connectivity index (χ0v) is 22.0. The molecule has 0 radical (unpaired) electrons. The van der Waals surface area contributed by atoms with Crippen molar-refractivity contribution in [3.8, 4) is 23.1 Å². The van der Waals surface area contributed by atoms with Crippen LogP contribution in [-0.2, 0) is 13.0 Å². The number of aromatic nitrogens is 4. The van der Waals surface area contributed by atoms with Gasteiger partial charge in [0.05, 0.1) is 15.1 Å². The standard InChI is InChI=1S/C29H22N6O4S/c30-18-23(27-32-31-26-9-5-2-6-16-33(26)27)29-34(20-7-3-1-4-8-20)28(36)25(40-29)17-22-14-15-24(39-22)19-10-12-21(13-11-19)35(37)38/h1,3-4,7-8,10-15,17H,2,5-6,9,16H2/b25-17-,29-23+. The Balaban J connectivity index is 1.52. The summed E-state index contributed by atoms with van der Waals surface area (Å²) in [6.07, 6.45) is 5.53. The van der Waals surface area contributed by atoms with Crippen molar-refractivity contribution in [3.05, 3.63) is 114 Å². The number of aryl methyl sites for hydroxylation is 1. The molecule has 10 nitrogen and oxygen atoms in total. The van der Waals surface area contributed by atoms with Crippen LogP contribution in [0.2, 0.25) is 0 Å². The highest BCUT2D eigenvalue weighted by Crippen LogP contribution is 2.25. The van der Waals surface area contributed by atoms with Crippen LogP contribution in [0.5, 0.6) is 0 Å². The van der Waals surface area contributed by atoms with Crippen molar-refractivity contribution in [1.29, 1.82) is 5.26 Å². The molecule has 6 rings (SSSR count).